The lowest BCUT2D eigenvalue weighted by Crippen LogP contribution is -2.16. The van der Waals surface area contributed by atoms with Crippen LogP contribution in [-0.4, -0.2) is 23.1 Å². The number of aromatic nitrogens is 2. The second kappa shape index (κ2) is 6.94. The molecule has 0 saturated carbocycles. The Morgan fingerprint density at radius 3 is 2.62 bits per heavy atom. The molecule has 0 atom stereocenters. The molecule has 2 aromatic carbocycles. The number of nitrogens with zero attached hydrogens (tertiary/aromatic N) is 3. The summed E-state index contributed by atoms with van der Waals surface area (Å²) in [6, 6.07) is 12.7. The number of hydrogen-bond acceptors (Lipinski definition) is 6. The van der Waals surface area contributed by atoms with Crippen molar-refractivity contribution >= 4 is 21.4 Å². The first-order chi connectivity index (χ1) is 12.4. The summed E-state index contributed by atoms with van der Waals surface area (Å²) in [7, 11) is -4.13. The number of sulfonamides is 1. The SMILES string of the molecule is NS(=O)(=O)c1cc([N+](=O)[O-])ccc1NCc1ccccc1-n1cccn1. The van der Waals surface area contributed by atoms with Gasteiger partial charge < -0.3 is 5.32 Å². The van der Waals surface area contributed by atoms with E-state index in [1.54, 1.807) is 23.1 Å². The first-order valence-electron chi connectivity index (χ1n) is 7.49. The molecule has 1 aromatic heterocycles. The maximum absolute atomic E-state index is 11.8. The van der Waals surface area contributed by atoms with E-state index in [4.69, 9.17) is 5.14 Å². The van der Waals surface area contributed by atoms with Crippen molar-refractivity contribution in [2.75, 3.05) is 5.32 Å². The van der Waals surface area contributed by atoms with Crippen LogP contribution in [0.5, 0.6) is 0 Å². The van der Waals surface area contributed by atoms with E-state index < -0.39 is 14.9 Å². The average Bonchev–Trinajstić information content (AvgIpc) is 3.13. The van der Waals surface area contributed by atoms with Crippen molar-refractivity contribution in [2.24, 2.45) is 5.14 Å². The lowest BCUT2D eigenvalue weighted by molar-refractivity contribution is -0.385. The zero-order valence-electron chi connectivity index (χ0n) is 13.4. The molecule has 3 rings (SSSR count). The molecule has 1 heterocycles. The van der Waals surface area contributed by atoms with Gasteiger partial charge in [-0.05, 0) is 23.8 Å². The average molecular weight is 373 g/mol. The molecule has 134 valence electrons. The Labute approximate surface area is 149 Å². The monoisotopic (exact) mass is 373 g/mol. The summed E-state index contributed by atoms with van der Waals surface area (Å²) in [5.74, 6) is 0. The van der Waals surface area contributed by atoms with Crippen molar-refractivity contribution in [3.63, 3.8) is 0 Å². The Hall–Kier alpha value is -3.24. The number of para-hydroxylation sites is 1. The first kappa shape index (κ1) is 17.6. The van der Waals surface area contributed by atoms with Gasteiger partial charge in [-0.2, -0.15) is 5.10 Å². The molecule has 0 aliphatic heterocycles. The van der Waals surface area contributed by atoms with Crippen molar-refractivity contribution in [3.05, 3.63) is 76.6 Å². The Bertz CT molecular complexity index is 1050. The molecule has 0 unspecified atom stereocenters. The lowest BCUT2D eigenvalue weighted by Gasteiger charge is -2.13. The maximum atomic E-state index is 11.8. The van der Waals surface area contributed by atoms with Gasteiger partial charge in [0, 0.05) is 31.1 Å². The van der Waals surface area contributed by atoms with Crippen LogP contribution in [-0.2, 0) is 16.6 Å². The molecule has 0 amide bonds. The summed E-state index contributed by atoms with van der Waals surface area (Å²) in [4.78, 5) is 9.88. The van der Waals surface area contributed by atoms with Crippen LogP contribution in [0.3, 0.4) is 0 Å². The fourth-order valence-corrected chi connectivity index (χ4v) is 3.22. The maximum Gasteiger partial charge on any atom is 0.270 e. The Morgan fingerprint density at radius 2 is 1.96 bits per heavy atom. The third kappa shape index (κ3) is 3.71. The van der Waals surface area contributed by atoms with Crippen molar-refractivity contribution < 1.29 is 13.3 Å². The molecule has 0 bridgehead atoms. The fraction of sp³-hybridized carbons (Fsp3) is 0.0625. The van der Waals surface area contributed by atoms with Crippen LogP contribution in [0.1, 0.15) is 5.56 Å². The number of nitro groups is 1. The summed E-state index contributed by atoms with van der Waals surface area (Å²) >= 11 is 0. The van der Waals surface area contributed by atoms with Gasteiger partial charge in [0.2, 0.25) is 10.0 Å². The topological polar surface area (TPSA) is 133 Å². The Kier molecular flexibility index (Phi) is 4.69. The highest BCUT2D eigenvalue weighted by atomic mass is 32.2. The predicted molar refractivity (Wildman–Crippen MR) is 95.4 cm³/mol. The molecule has 9 nitrogen and oxygen atoms in total. The van der Waals surface area contributed by atoms with Crippen LogP contribution >= 0.6 is 0 Å². The van der Waals surface area contributed by atoms with E-state index >= 15 is 0 Å². The predicted octanol–water partition coefficient (Wildman–Crippen LogP) is 2.04. The lowest BCUT2D eigenvalue weighted by atomic mass is 10.1. The molecular formula is C16H15N5O4S. The summed E-state index contributed by atoms with van der Waals surface area (Å²) in [6.45, 7) is 0.274. The molecule has 0 spiro atoms. The number of benzene rings is 2. The van der Waals surface area contributed by atoms with Crippen LogP contribution in [0.25, 0.3) is 5.69 Å². The standard InChI is InChI=1S/C16H15N5O4S/c17-26(24,25)16-10-13(21(22)23)6-7-14(16)18-11-12-4-1-2-5-15(12)20-9-3-8-19-20/h1-10,18H,11H2,(H2,17,24,25). The summed E-state index contributed by atoms with van der Waals surface area (Å²) in [5.41, 5.74) is 1.52. The molecule has 0 aliphatic carbocycles. The fourth-order valence-electron chi connectivity index (χ4n) is 2.49. The molecule has 0 radical (unpaired) electrons. The number of rotatable bonds is 6. The van der Waals surface area contributed by atoms with Gasteiger partial charge in [-0.15, -0.1) is 0 Å². The van der Waals surface area contributed by atoms with Gasteiger partial charge in [0.05, 0.1) is 16.3 Å². The number of non-ortho nitro benzene ring substituents is 1. The highest BCUT2D eigenvalue weighted by molar-refractivity contribution is 7.89. The van der Waals surface area contributed by atoms with Gasteiger partial charge in [-0.3, -0.25) is 10.1 Å². The van der Waals surface area contributed by atoms with Gasteiger partial charge in [0.1, 0.15) is 4.90 Å². The summed E-state index contributed by atoms with van der Waals surface area (Å²) in [5, 5.41) is 23.3. The second-order valence-electron chi connectivity index (χ2n) is 5.42. The van der Waals surface area contributed by atoms with E-state index in [1.165, 1.54) is 12.1 Å². The van der Waals surface area contributed by atoms with E-state index in [0.717, 1.165) is 17.3 Å². The van der Waals surface area contributed by atoms with Gasteiger partial charge in [0.25, 0.3) is 5.69 Å². The van der Waals surface area contributed by atoms with E-state index in [-0.39, 0.29) is 22.8 Å². The Morgan fingerprint density at radius 1 is 1.19 bits per heavy atom. The van der Waals surface area contributed by atoms with Gasteiger partial charge in [-0.25, -0.2) is 18.2 Å². The van der Waals surface area contributed by atoms with Crippen LogP contribution in [0, 0.1) is 10.1 Å². The number of primary sulfonamides is 1. The molecular weight excluding hydrogens is 358 g/mol. The molecule has 0 aliphatic rings. The number of hydrogen-bond donors (Lipinski definition) is 2. The van der Waals surface area contributed by atoms with E-state index in [0.29, 0.717) is 0 Å². The smallest absolute Gasteiger partial charge is 0.270 e. The molecule has 0 fully saturated rings. The third-order valence-corrected chi connectivity index (χ3v) is 4.65. The molecule has 10 heteroatoms. The van der Waals surface area contributed by atoms with Gasteiger partial charge in [-0.1, -0.05) is 18.2 Å². The highest BCUT2D eigenvalue weighted by Gasteiger charge is 2.19. The van der Waals surface area contributed by atoms with Crippen LogP contribution in [0.15, 0.2) is 65.8 Å². The van der Waals surface area contributed by atoms with Gasteiger partial charge >= 0.3 is 0 Å². The molecule has 3 aromatic rings. The van der Waals surface area contributed by atoms with Crippen molar-refractivity contribution in [2.45, 2.75) is 11.4 Å². The van der Waals surface area contributed by atoms with E-state index in [1.807, 2.05) is 24.3 Å². The Balaban J connectivity index is 1.93. The van der Waals surface area contributed by atoms with Crippen molar-refractivity contribution in [1.82, 2.24) is 9.78 Å². The van der Waals surface area contributed by atoms with Crippen LogP contribution in [0.4, 0.5) is 11.4 Å². The zero-order valence-corrected chi connectivity index (χ0v) is 14.3. The van der Waals surface area contributed by atoms with Crippen molar-refractivity contribution in [1.29, 1.82) is 0 Å². The molecule has 0 saturated heterocycles. The number of nitrogens with two attached hydrogens (primary N) is 1. The minimum Gasteiger partial charge on any atom is -0.380 e. The minimum absolute atomic E-state index is 0.188. The van der Waals surface area contributed by atoms with Crippen LogP contribution < -0.4 is 10.5 Å². The van der Waals surface area contributed by atoms with E-state index in [9.17, 15) is 18.5 Å². The third-order valence-electron chi connectivity index (χ3n) is 3.69. The minimum atomic E-state index is -4.13. The molecule has 26 heavy (non-hydrogen) atoms. The first-order valence-corrected chi connectivity index (χ1v) is 9.04. The van der Waals surface area contributed by atoms with Crippen molar-refractivity contribution in [3.8, 4) is 5.69 Å². The quantitative estimate of drug-likeness (QED) is 0.502. The second-order valence-corrected chi connectivity index (χ2v) is 6.95. The highest BCUT2D eigenvalue weighted by Crippen LogP contribution is 2.26. The summed E-state index contributed by atoms with van der Waals surface area (Å²) < 4.78 is 25.3. The molecule has 3 N–H and O–H groups in total. The normalized spacial score (nSPS) is 11.3. The number of nitrogens with one attached hydrogen (secondary N) is 1. The summed E-state index contributed by atoms with van der Waals surface area (Å²) in [6.07, 6.45) is 3.44. The van der Waals surface area contributed by atoms with Gasteiger partial charge in [0.15, 0.2) is 0 Å². The zero-order chi connectivity index (χ0) is 18.7. The van der Waals surface area contributed by atoms with E-state index in [2.05, 4.69) is 10.4 Å². The van der Waals surface area contributed by atoms with Crippen LogP contribution in [0.2, 0.25) is 0 Å². The largest absolute Gasteiger partial charge is 0.380 e. The number of nitro benzene ring substituents is 1. The number of anilines is 1.